The molecule has 0 unspecified atom stereocenters. The Labute approximate surface area is 311 Å². The van der Waals surface area contributed by atoms with Gasteiger partial charge in [-0.1, -0.05) is 95.9 Å². The molecule has 1 saturated carbocycles. The third-order valence-corrected chi connectivity index (χ3v) is 15.2. The number of aryl methyl sites for hydroxylation is 1. The molecule has 0 saturated heterocycles. The van der Waals surface area contributed by atoms with Crippen molar-refractivity contribution >= 4 is 49.2 Å². The van der Waals surface area contributed by atoms with Crippen molar-refractivity contribution in [3.05, 3.63) is 139 Å². The first-order valence-electron chi connectivity index (χ1n) is 17.2. The van der Waals surface area contributed by atoms with Crippen molar-refractivity contribution in [2.75, 3.05) is 0 Å². The minimum Gasteiger partial charge on any atom is -0.305 e. The maximum absolute atomic E-state index is 4.80. The molecule has 5 heteroatoms. The van der Waals surface area contributed by atoms with Crippen LogP contribution in [0.25, 0.3) is 53.8 Å². The quantitative estimate of drug-likeness (QED) is 0.127. The fourth-order valence-corrected chi connectivity index (χ4v) is 11.9. The molecule has 49 heavy (non-hydrogen) atoms. The molecule has 1 aliphatic carbocycles. The first kappa shape index (κ1) is 35.4. The van der Waals surface area contributed by atoms with Gasteiger partial charge in [-0.3, -0.25) is 0 Å². The molecule has 249 valence electrons. The second-order valence-corrected chi connectivity index (χ2v) is 25.6. The maximum Gasteiger partial charge on any atom is 0.0239 e. The van der Waals surface area contributed by atoms with Crippen molar-refractivity contribution in [3.8, 4) is 33.6 Å². The van der Waals surface area contributed by atoms with Crippen LogP contribution >= 0.6 is 11.3 Å². The second-order valence-electron chi connectivity index (χ2n) is 14.0. The molecule has 0 aliphatic heterocycles. The van der Waals surface area contributed by atoms with Crippen LogP contribution in [0.1, 0.15) is 49.1 Å². The number of fused-ring (bicyclic) bond motifs is 3. The van der Waals surface area contributed by atoms with Gasteiger partial charge in [0.15, 0.2) is 0 Å². The van der Waals surface area contributed by atoms with Gasteiger partial charge in [-0.2, -0.15) is 11.3 Å². The summed E-state index contributed by atoms with van der Waals surface area (Å²) in [6, 6.07) is 43.2. The van der Waals surface area contributed by atoms with Crippen LogP contribution in [-0.4, -0.2) is 23.2 Å². The third-order valence-electron chi connectivity index (χ3n) is 9.56. The molecule has 0 N–H and O–H groups in total. The summed E-state index contributed by atoms with van der Waals surface area (Å²) in [6.07, 6.45) is 10.8. The molecule has 0 atom stereocenters. The van der Waals surface area contributed by atoms with Gasteiger partial charge in [0.05, 0.1) is 0 Å². The van der Waals surface area contributed by atoms with E-state index < -0.39 is 13.3 Å². The molecular formula is C44H42GeIrN2S-2. The first-order chi connectivity index (χ1) is 23.4. The Morgan fingerprint density at radius 2 is 1.53 bits per heavy atom. The van der Waals surface area contributed by atoms with E-state index in [2.05, 4.69) is 132 Å². The Kier molecular flexibility index (Phi) is 11.3. The number of hydrogen-bond acceptors (Lipinski definition) is 3. The molecule has 3 aromatic heterocycles. The normalized spacial score (nSPS) is 13.5. The van der Waals surface area contributed by atoms with E-state index in [4.69, 9.17) is 4.98 Å². The summed E-state index contributed by atoms with van der Waals surface area (Å²) in [4.78, 5) is 9.39. The van der Waals surface area contributed by atoms with E-state index in [1.807, 2.05) is 35.7 Å². The summed E-state index contributed by atoms with van der Waals surface area (Å²) in [7, 11) is 0. The predicted octanol–water partition coefficient (Wildman–Crippen LogP) is 12.0. The van der Waals surface area contributed by atoms with E-state index in [1.54, 1.807) is 0 Å². The molecule has 0 amide bonds. The monoisotopic (exact) mass is 897 g/mol. The van der Waals surface area contributed by atoms with Gasteiger partial charge in [0.1, 0.15) is 0 Å². The van der Waals surface area contributed by atoms with Crippen LogP contribution < -0.4 is 4.40 Å². The van der Waals surface area contributed by atoms with E-state index in [1.165, 1.54) is 78.9 Å². The molecule has 4 aromatic carbocycles. The molecule has 0 spiro atoms. The van der Waals surface area contributed by atoms with Crippen LogP contribution in [0.3, 0.4) is 0 Å². The van der Waals surface area contributed by atoms with E-state index in [0.29, 0.717) is 5.92 Å². The van der Waals surface area contributed by atoms with Gasteiger partial charge in [0.25, 0.3) is 0 Å². The summed E-state index contributed by atoms with van der Waals surface area (Å²) >= 11 is 0.0895. The van der Waals surface area contributed by atoms with Gasteiger partial charge in [-0.25, -0.2) is 0 Å². The smallest absolute Gasteiger partial charge is 0.0239 e. The Hall–Kier alpha value is -3.41. The van der Waals surface area contributed by atoms with E-state index in [0.717, 1.165) is 22.5 Å². The summed E-state index contributed by atoms with van der Waals surface area (Å²) in [5.41, 5.74) is 9.59. The average Bonchev–Trinajstić information content (AvgIpc) is 3.52. The first-order valence-corrected chi connectivity index (χ1v) is 25.3. The van der Waals surface area contributed by atoms with E-state index >= 15 is 0 Å². The molecule has 7 aromatic rings. The van der Waals surface area contributed by atoms with Crippen LogP contribution in [0.4, 0.5) is 0 Å². The molecule has 1 radical (unpaired) electrons. The van der Waals surface area contributed by atoms with E-state index in [-0.39, 0.29) is 20.1 Å². The molecule has 8 rings (SSSR count). The number of pyridine rings is 2. The zero-order valence-corrected chi connectivity index (χ0v) is 34.0. The van der Waals surface area contributed by atoms with Crippen molar-refractivity contribution in [3.63, 3.8) is 0 Å². The number of benzene rings is 4. The number of nitrogens with zero attached hydrogens (tertiary/aromatic N) is 2. The zero-order valence-electron chi connectivity index (χ0n) is 28.7. The molecular weight excluding hydrogens is 853 g/mol. The largest absolute Gasteiger partial charge is 0.305 e. The average molecular weight is 896 g/mol. The predicted molar refractivity (Wildman–Crippen MR) is 209 cm³/mol. The fraction of sp³-hybridized carbons (Fsp3) is 0.227. The summed E-state index contributed by atoms with van der Waals surface area (Å²) in [6.45, 7) is 2.19. The number of hydrogen-bond donors (Lipinski definition) is 0. The minimum atomic E-state index is -1.77. The van der Waals surface area contributed by atoms with Gasteiger partial charge >= 0.3 is 106 Å². The molecule has 0 bridgehead atoms. The van der Waals surface area contributed by atoms with Crippen molar-refractivity contribution in [2.24, 2.45) is 0 Å². The zero-order chi connectivity index (χ0) is 33.1. The number of rotatable bonds is 5. The fourth-order valence-electron chi connectivity index (χ4n) is 7.12. The molecule has 1 fully saturated rings. The summed E-state index contributed by atoms with van der Waals surface area (Å²) in [5.74, 6) is 7.88. The standard InChI is InChI=1S/C29H24NS.C15H18GeN.Ir/c1-3-9-20(10-4-1)22-17-18-30-26(19-22)24-16-15-23(21-11-5-2-6-12-21)28-25-13-7-8-14-27(25)31-29(24)28;1-12-10-15(13-8-6-5-7-9-13)17-11-14(12)16(2,3)4;/h2,5-8,11-15,17-20H,1,3-4,9-10H2;5-8,10-11H,1-4H3;/q2*-1;. The van der Waals surface area contributed by atoms with Crippen LogP contribution in [-0.2, 0) is 20.1 Å². The number of thiophene rings is 1. The van der Waals surface area contributed by atoms with Crippen LogP contribution in [0.15, 0.2) is 116 Å². The Morgan fingerprint density at radius 3 is 2.27 bits per heavy atom. The topological polar surface area (TPSA) is 25.8 Å². The van der Waals surface area contributed by atoms with Crippen LogP contribution in [0, 0.1) is 19.1 Å². The second kappa shape index (κ2) is 15.6. The van der Waals surface area contributed by atoms with Crippen LogP contribution in [0.2, 0.25) is 17.3 Å². The van der Waals surface area contributed by atoms with Crippen molar-refractivity contribution < 1.29 is 20.1 Å². The Balaban J connectivity index is 0.000000198. The minimum absolute atomic E-state index is 0. The van der Waals surface area contributed by atoms with Gasteiger partial charge in [-0.15, -0.1) is 17.7 Å². The van der Waals surface area contributed by atoms with E-state index in [9.17, 15) is 0 Å². The molecule has 1 aliphatic rings. The van der Waals surface area contributed by atoms with Gasteiger partial charge < -0.3 is 4.98 Å². The van der Waals surface area contributed by atoms with Gasteiger partial charge in [0.2, 0.25) is 0 Å². The van der Waals surface area contributed by atoms with Crippen molar-refractivity contribution in [1.29, 1.82) is 0 Å². The van der Waals surface area contributed by atoms with Gasteiger partial charge in [-0.05, 0) is 46.7 Å². The van der Waals surface area contributed by atoms with Gasteiger partial charge in [0, 0.05) is 31.0 Å². The SMILES string of the molecule is Cc1cc(-c2[c-]cccc2)nc[c]1[Ge]([CH3])([CH3])[CH3].[Ir].[c-]1cc(-c2ccccc2)c2c(sc3ccccc32)c1-c1cc(C2CCCCC2)ccn1. The molecule has 2 nitrogen and oxygen atoms in total. The third kappa shape index (κ3) is 7.84. The van der Waals surface area contributed by atoms with Crippen molar-refractivity contribution in [2.45, 2.75) is 62.2 Å². The number of aromatic nitrogens is 2. The summed E-state index contributed by atoms with van der Waals surface area (Å²) < 4.78 is 4.10. The molecule has 3 heterocycles. The Bertz CT molecular complexity index is 2160. The Morgan fingerprint density at radius 1 is 0.776 bits per heavy atom. The maximum atomic E-state index is 4.80. The van der Waals surface area contributed by atoms with Crippen molar-refractivity contribution in [1.82, 2.24) is 9.97 Å². The summed E-state index contributed by atoms with van der Waals surface area (Å²) in [5, 5.41) is 2.64. The van der Waals surface area contributed by atoms with Crippen LogP contribution in [0.5, 0.6) is 0 Å².